The average molecular weight is 327 g/mol. The second-order valence-electron chi connectivity index (χ2n) is 5.99. The topological polar surface area (TPSA) is 71.5 Å². The van der Waals surface area contributed by atoms with E-state index in [-0.39, 0.29) is 12.0 Å². The molecule has 0 unspecified atom stereocenters. The number of hydrogen-bond acceptors (Lipinski definition) is 6. The lowest BCUT2D eigenvalue weighted by Crippen LogP contribution is -2.42. The average Bonchev–Trinajstić information content (AvgIpc) is 2.61. The number of anilines is 1. The van der Waals surface area contributed by atoms with Gasteiger partial charge < -0.3 is 14.5 Å². The van der Waals surface area contributed by atoms with E-state index in [1.165, 1.54) is 12.4 Å². The molecule has 0 aromatic carbocycles. The molecule has 0 N–H and O–H groups in total. The van der Waals surface area contributed by atoms with Crippen molar-refractivity contribution in [2.24, 2.45) is 0 Å². The molecule has 7 nitrogen and oxygen atoms in total. The van der Waals surface area contributed by atoms with Gasteiger partial charge in [0.25, 0.3) is 5.91 Å². The molecule has 2 aromatic rings. The first kappa shape index (κ1) is 16.3. The van der Waals surface area contributed by atoms with Gasteiger partial charge in [-0.25, -0.2) is 4.98 Å². The number of carbonyl (C=O) groups is 1. The van der Waals surface area contributed by atoms with Crippen molar-refractivity contribution in [2.75, 3.05) is 38.7 Å². The maximum absolute atomic E-state index is 12.6. The van der Waals surface area contributed by atoms with E-state index in [2.05, 4.69) is 15.0 Å². The van der Waals surface area contributed by atoms with Gasteiger partial charge in [-0.15, -0.1) is 0 Å². The molecule has 2 aromatic heterocycles. The molecule has 7 heteroatoms. The Balaban J connectivity index is 1.80. The van der Waals surface area contributed by atoms with Crippen LogP contribution in [0.1, 0.15) is 28.0 Å². The van der Waals surface area contributed by atoms with Gasteiger partial charge in [0, 0.05) is 44.4 Å². The summed E-state index contributed by atoms with van der Waals surface area (Å²) in [6.45, 7) is 3.43. The summed E-state index contributed by atoms with van der Waals surface area (Å²) in [7, 11) is 3.98. The summed E-state index contributed by atoms with van der Waals surface area (Å²) in [6.07, 6.45) is 4.33. The van der Waals surface area contributed by atoms with E-state index in [9.17, 15) is 4.79 Å². The van der Waals surface area contributed by atoms with Gasteiger partial charge in [-0.05, 0) is 19.1 Å². The summed E-state index contributed by atoms with van der Waals surface area (Å²) in [6, 6.07) is 4.03. The van der Waals surface area contributed by atoms with Gasteiger partial charge in [-0.3, -0.25) is 14.8 Å². The lowest BCUT2D eigenvalue weighted by molar-refractivity contribution is -0.0249. The van der Waals surface area contributed by atoms with Crippen LogP contribution in [-0.4, -0.2) is 59.6 Å². The molecule has 1 fully saturated rings. The quantitative estimate of drug-likeness (QED) is 0.850. The number of nitrogens with zero attached hydrogens (tertiary/aromatic N) is 5. The van der Waals surface area contributed by atoms with E-state index in [0.29, 0.717) is 25.4 Å². The maximum Gasteiger partial charge on any atom is 0.274 e. The van der Waals surface area contributed by atoms with Crippen molar-refractivity contribution in [2.45, 2.75) is 13.0 Å². The Bertz CT molecular complexity index is 720. The SMILES string of the molecule is Cc1cc(N(C)C)cc([C@@H]2CN(C(=O)c3cnccn3)CCO2)n1. The van der Waals surface area contributed by atoms with Crippen molar-refractivity contribution in [3.8, 4) is 0 Å². The smallest absolute Gasteiger partial charge is 0.274 e. The first-order chi connectivity index (χ1) is 11.5. The molecule has 0 aliphatic carbocycles. The Morgan fingerprint density at radius 1 is 1.33 bits per heavy atom. The summed E-state index contributed by atoms with van der Waals surface area (Å²) in [5.74, 6) is -0.128. The molecule has 1 aliphatic heterocycles. The van der Waals surface area contributed by atoms with E-state index in [1.807, 2.05) is 38.1 Å². The normalized spacial score (nSPS) is 17.6. The second-order valence-corrected chi connectivity index (χ2v) is 5.99. The molecule has 126 valence electrons. The monoisotopic (exact) mass is 327 g/mol. The van der Waals surface area contributed by atoms with Crippen molar-refractivity contribution in [3.63, 3.8) is 0 Å². The lowest BCUT2D eigenvalue weighted by Gasteiger charge is -2.32. The van der Waals surface area contributed by atoms with E-state index in [4.69, 9.17) is 4.74 Å². The van der Waals surface area contributed by atoms with Gasteiger partial charge in [-0.1, -0.05) is 0 Å². The fraction of sp³-hybridized carbons (Fsp3) is 0.412. The van der Waals surface area contributed by atoms with Crippen molar-refractivity contribution >= 4 is 11.6 Å². The van der Waals surface area contributed by atoms with Crippen molar-refractivity contribution < 1.29 is 9.53 Å². The summed E-state index contributed by atoms with van der Waals surface area (Å²) in [4.78, 5) is 29.0. The minimum Gasteiger partial charge on any atom is -0.378 e. The first-order valence-electron chi connectivity index (χ1n) is 7.87. The Kier molecular flexibility index (Phi) is 4.71. The molecular formula is C17H21N5O2. The summed E-state index contributed by atoms with van der Waals surface area (Å²) in [5.41, 5.74) is 3.19. The van der Waals surface area contributed by atoms with Crippen LogP contribution in [0.25, 0.3) is 0 Å². The fourth-order valence-corrected chi connectivity index (χ4v) is 2.68. The van der Waals surface area contributed by atoms with Crippen LogP contribution in [0.15, 0.2) is 30.7 Å². The van der Waals surface area contributed by atoms with Gasteiger partial charge in [0.2, 0.25) is 0 Å². The Hall–Kier alpha value is -2.54. The number of morpholine rings is 1. The molecule has 1 amide bonds. The zero-order valence-electron chi connectivity index (χ0n) is 14.1. The summed E-state index contributed by atoms with van der Waals surface area (Å²) >= 11 is 0. The number of aryl methyl sites for hydroxylation is 1. The molecule has 1 atom stereocenters. The van der Waals surface area contributed by atoms with Crippen LogP contribution < -0.4 is 4.90 Å². The highest BCUT2D eigenvalue weighted by atomic mass is 16.5. The van der Waals surface area contributed by atoms with E-state index < -0.39 is 0 Å². The van der Waals surface area contributed by atoms with Crippen LogP contribution in [0.5, 0.6) is 0 Å². The number of amides is 1. The van der Waals surface area contributed by atoms with Crippen molar-refractivity contribution in [1.29, 1.82) is 0 Å². The van der Waals surface area contributed by atoms with Crippen LogP contribution in [0.4, 0.5) is 5.69 Å². The highest BCUT2D eigenvalue weighted by molar-refractivity contribution is 5.92. The third-order valence-electron chi connectivity index (χ3n) is 3.94. The largest absolute Gasteiger partial charge is 0.378 e. The molecule has 0 saturated carbocycles. The summed E-state index contributed by atoms with van der Waals surface area (Å²) < 4.78 is 5.86. The molecule has 3 heterocycles. The number of rotatable bonds is 3. The molecular weight excluding hydrogens is 306 g/mol. The third kappa shape index (κ3) is 3.51. The lowest BCUT2D eigenvalue weighted by atomic mass is 10.1. The molecule has 0 spiro atoms. The Morgan fingerprint density at radius 2 is 2.17 bits per heavy atom. The van der Waals surface area contributed by atoms with Gasteiger partial charge in [0.05, 0.1) is 25.0 Å². The second kappa shape index (κ2) is 6.92. The first-order valence-corrected chi connectivity index (χ1v) is 7.87. The molecule has 3 rings (SSSR count). The van der Waals surface area contributed by atoms with Crippen molar-refractivity contribution in [3.05, 3.63) is 47.8 Å². The van der Waals surface area contributed by atoms with Crippen molar-refractivity contribution in [1.82, 2.24) is 19.9 Å². The van der Waals surface area contributed by atoms with Crippen LogP contribution in [-0.2, 0) is 4.74 Å². The molecule has 1 saturated heterocycles. The van der Waals surface area contributed by atoms with E-state index >= 15 is 0 Å². The predicted octanol–water partition coefficient (Wildman–Crippen LogP) is 1.46. The maximum atomic E-state index is 12.6. The zero-order valence-corrected chi connectivity index (χ0v) is 14.1. The fourth-order valence-electron chi connectivity index (χ4n) is 2.68. The highest BCUT2D eigenvalue weighted by Crippen LogP contribution is 2.25. The predicted molar refractivity (Wildman–Crippen MR) is 89.9 cm³/mol. The Labute approximate surface area is 141 Å². The van der Waals surface area contributed by atoms with Gasteiger partial charge in [0.15, 0.2) is 0 Å². The summed E-state index contributed by atoms with van der Waals surface area (Å²) in [5, 5.41) is 0. The molecule has 24 heavy (non-hydrogen) atoms. The molecule has 0 radical (unpaired) electrons. The number of aromatic nitrogens is 3. The number of ether oxygens (including phenoxy) is 1. The van der Waals surface area contributed by atoms with Gasteiger partial charge >= 0.3 is 0 Å². The van der Waals surface area contributed by atoms with Crippen LogP contribution in [0.2, 0.25) is 0 Å². The number of hydrogen-bond donors (Lipinski definition) is 0. The third-order valence-corrected chi connectivity index (χ3v) is 3.94. The Morgan fingerprint density at radius 3 is 2.88 bits per heavy atom. The van der Waals surface area contributed by atoms with Crippen LogP contribution in [0.3, 0.4) is 0 Å². The minimum absolute atomic E-state index is 0.128. The highest BCUT2D eigenvalue weighted by Gasteiger charge is 2.28. The van der Waals surface area contributed by atoms with Crippen LogP contribution in [0, 0.1) is 6.92 Å². The van der Waals surface area contributed by atoms with E-state index in [1.54, 1.807) is 11.1 Å². The zero-order chi connectivity index (χ0) is 17.1. The van der Waals surface area contributed by atoms with E-state index in [0.717, 1.165) is 17.1 Å². The van der Waals surface area contributed by atoms with Gasteiger partial charge in [0.1, 0.15) is 11.8 Å². The molecule has 1 aliphatic rings. The van der Waals surface area contributed by atoms with Crippen LogP contribution >= 0.6 is 0 Å². The number of pyridine rings is 1. The number of carbonyl (C=O) groups excluding carboxylic acids is 1. The standard InChI is InChI=1S/C17H21N5O2/c1-12-8-13(21(2)3)9-14(20-12)16-11-22(6-7-24-16)17(23)15-10-18-4-5-19-15/h4-5,8-10,16H,6-7,11H2,1-3H3/t16-/m0/s1. The molecule has 0 bridgehead atoms. The minimum atomic E-state index is -0.238. The van der Waals surface area contributed by atoms with Gasteiger partial charge in [-0.2, -0.15) is 0 Å².